The van der Waals surface area contributed by atoms with Crippen molar-refractivity contribution in [2.75, 3.05) is 5.32 Å². The Morgan fingerprint density at radius 1 is 1.42 bits per heavy atom. The van der Waals surface area contributed by atoms with Crippen LogP contribution in [0.3, 0.4) is 0 Å². The monoisotopic (exact) mass is 324 g/mol. The number of imidazole rings is 1. The minimum absolute atomic E-state index is 0.0227. The van der Waals surface area contributed by atoms with Gasteiger partial charge < -0.3 is 10.4 Å². The summed E-state index contributed by atoms with van der Waals surface area (Å²) in [7, 11) is 0. The second-order valence-electron chi connectivity index (χ2n) is 4.67. The van der Waals surface area contributed by atoms with E-state index in [1.54, 1.807) is 6.07 Å². The summed E-state index contributed by atoms with van der Waals surface area (Å²) in [4.78, 5) is 15.0. The fourth-order valence-corrected chi connectivity index (χ4v) is 2.92. The van der Waals surface area contributed by atoms with Crippen molar-refractivity contribution in [3.63, 3.8) is 0 Å². The normalized spacial score (nSPS) is 16.1. The van der Waals surface area contributed by atoms with Crippen LogP contribution in [0.1, 0.15) is 36.2 Å². The van der Waals surface area contributed by atoms with Crippen LogP contribution in [0.15, 0.2) is 16.7 Å². The van der Waals surface area contributed by atoms with Crippen molar-refractivity contribution in [3.8, 4) is 0 Å². The summed E-state index contributed by atoms with van der Waals surface area (Å²) >= 11 is 3.23. The molecule has 0 saturated heterocycles. The van der Waals surface area contributed by atoms with Crippen LogP contribution in [-0.2, 0) is 0 Å². The molecule has 0 aromatic carbocycles. The quantitative estimate of drug-likeness (QED) is 0.906. The number of carboxylic acids is 1. The molecule has 0 aliphatic heterocycles. The Bertz CT molecular complexity index is 634. The highest BCUT2D eigenvalue weighted by molar-refractivity contribution is 9.10. The summed E-state index contributed by atoms with van der Waals surface area (Å²) in [6, 6.07) is 4.06. The van der Waals surface area contributed by atoms with Crippen LogP contribution in [0.25, 0.3) is 5.65 Å². The summed E-state index contributed by atoms with van der Waals surface area (Å²) in [6.07, 6.45) is 4.81. The molecule has 2 N–H and O–H groups in total. The number of rotatable bonds is 3. The Hall–Kier alpha value is -1.63. The van der Waals surface area contributed by atoms with E-state index in [2.05, 4.69) is 31.3 Å². The number of carboxylic acid groups (broad SMARTS) is 1. The molecule has 7 heteroatoms. The molecule has 1 aliphatic carbocycles. The van der Waals surface area contributed by atoms with Crippen molar-refractivity contribution in [1.29, 1.82) is 0 Å². The van der Waals surface area contributed by atoms with E-state index in [0.717, 1.165) is 18.7 Å². The lowest BCUT2D eigenvalue weighted by Crippen LogP contribution is -2.16. The first-order valence-corrected chi connectivity index (χ1v) is 6.99. The van der Waals surface area contributed by atoms with Gasteiger partial charge in [0.2, 0.25) is 0 Å². The topological polar surface area (TPSA) is 79.5 Å². The third-order valence-corrected chi connectivity index (χ3v) is 4.04. The summed E-state index contributed by atoms with van der Waals surface area (Å²) in [6.45, 7) is 0. The Labute approximate surface area is 118 Å². The maximum Gasteiger partial charge on any atom is 0.357 e. The summed E-state index contributed by atoms with van der Waals surface area (Å²) in [5.41, 5.74) is 0.492. The molecule has 2 heterocycles. The second-order valence-corrected chi connectivity index (χ2v) is 5.42. The van der Waals surface area contributed by atoms with Gasteiger partial charge in [0.1, 0.15) is 10.4 Å². The molecule has 2 aromatic rings. The molecule has 6 nitrogen and oxygen atoms in total. The number of halogens is 1. The average molecular weight is 325 g/mol. The van der Waals surface area contributed by atoms with Gasteiger partial charge in [-0.1, -0.05) is 12.8 Å². The van der Waals surface area contributed by atoms with Gasteiger partial charge in [-0.05, 0) is 40.9 Å². The number of hydrogen-bond donors (Lipinski definition) is 2. The summed E-state index contributed by atoms with van der Waals surface area (Å²) < 4.78 is 1.87. The van der Waals surface area contributed by atoms with Gasteiger partial charge in [0, 0.05) is 6.04 Å². The Kier molecular flexibility index (Phi) is 3.14. The standard InChI is InChI=1S/C12H13BrN4O2/c13-11-10(12(18)19)15-9-6-5-8(16-17(9)11)14-7-3-1-2-4-7/h5-7H,1-4H2,(H,14,16)(H,18,19). The Morgan fingerprint density at radius 2 is 2.16 bits per heavy atom. The van der Waals surface area contributed by atoms with Gasteiger partial charge in [0.05, 0.1) is 0 Å². The lowest BCUT2D eigenvalue weighted by Gasteiger charge is -2.12. The highest BCUT2D eigenvalue weighted by atomic mass is 79.9. The Morgan fingerprint density at radius 3 is 2.84 bits per heavy atom. The molecule has 0 radical (unpaired) electrons. The van der Waals surface area contributed by atoms with Crippen molar-refractivity contribution in [3.05, 3.63) is 22.4 Å². The number of nitrogens with one attached hydrogen (secondary N) is 1. The summed E-state index contributed by atoms with van der Waals surface area (Å²) in [5, 5.41) is 16.8. The number of hydrogen-bond acceptors (Lipinski definition) is 4. The zero-order valence-corrected chi connectivity index (χ0v) is 11.7. The highest BCUT2D eigenvalue weighted by Gasteiger charge is 2.18. The predicted octanol–water partition coefficient (Wildman–Crippen LogP) is 2.54. The van der Waals surface area contributed by atoms with Crippen molar-refractivity contribution in [2.24, 2.45) is 0 Å². The van der Waals surface area contributed by atoms with E-state index in [9.17, 15) is 4.79 Å². The van der Waals surface area contributed by atoms with Gasteiger partial charge in [0.15, 0.2) is 11.3 Å². The molecule has 19 heavy (non-hydrogen) atoms. The van der Waals surface area contributed by atoms with Gasteiger partial charge in [-0.2, -0.15) is 0 Å². The van der Waals surface area contributed by atoms with Crippen molar-refractivity contribution >= 4 is 33.4 Å². The van der Waals surface area contributed by atoms with E-state index in [-0.39, 0.29) is 5.69 Å². The molecule has 1 fully saturated rings. The first kappa shape index (κ1) is 12.4. The van der Waals surface area contributed by atoms with Crippen LogP contribution < -0.4 is 5.32 Å². The number of aromatic carboxylic acids is 1. The van der Waals surface area contributed by atoms with Gasteiger partial charge in [-0.25, -0.2) is 14.3 Å². The molecule has 2 aromatic heterocycles. The zero-order chi connectivity index (χ0) is 13.4. The van der Waals surface area contributed by atoms with E-state index in [0.29, 0.717) is 16.3 Å². The van der Waals surface area contributed by atoms with Crippen LogP contribution in [0.4, 0.5) is 5.82 Å². The van der Waals surface area contributed by atoms with Gasteiger partial charge in [-0.3, -0.25) is 0 Å². The molecule has 0 unspecified atom stereocenters. The third-order valence-electron chi connectivity index (χ3n) is 3.33. The minimum Gasteiger partial charge on any atom is -0.476 e. The van der Waals surface area contributed by atoms with Crippen LogP contribution in [0.5, 0.6) is 0 Å². The number of fused-ring (bicyclic) bond motifs is 1. The van der Waals surface area contributed by atoms with E-state index >= 15 is 0 Å². The average Bonchev–Trinajstić information content (AvgIpc) is 2.98. The van der Waals surface area contributed by atoms with Crippen LogP contribution >= 0.6 is 15.9 Å². The number of anilines is 1. The maximum atomic E-state index is 11.0. The van der Waals surface area contributed by atoms with E-state index < -0.39 is 5.97 Å². The van der Waals surface area contributed by atoms with E-state index in [1.165, 1.54) is 17.4 Å². The molecule has 1 saturated carbocycles. The molecule has 0 spiro atoms. The van der Waals surface area contributed by atoms with Crippen molar-refractivity contribution < 1.29 is 9.90 Å². The third kappa shape index (κ3) is 2.30. The lowest BCUT2D eigenvalue weighted by atomic mass is 10.2. The smallest absolute Gasteiger partial charge is 0.357 e. The molecular weight excluding hydrogens is 312 g/mol. The molecular formula is C12H13BrN4O2. The predicted molar refractivity (Wildman–Crippen MR) is 73.5 cm³/mol. The second kappa shape index (κ2) is 4.80. The van der Waals surface area contributed by atoms with Crippen LogP contribution in [0.2, 0.25) is 0 Å². The molecule has 0 amide bonds. The molecule has 3 rings (SSSR count). The molecule has 0 atom stereocenters. The first-order chi connectivity index (χ1) is 9.15. The number of carbonyl (C=O) groups is 1. The fraction of sp³-hybridized carbons (Fsp3) is 0.417. The van der Waals surface area contributed by atoms with Crippen molar-refractivity contribution in [2.45, 2.75) is 31.7 Å². The minimum atomic E-state index is -1.07. The first-order valence-electron chi connectivity index (χ1n) is 6.20. The van der Waals surface area contributed by atoms with E-state index in [1.807, 2.05) is 6.07 Å². The van der Waals surface area contributed by atoms with Crippen molar-refractivity contribution in [1.82, 2.24) is 14.6 Å². The van der Waals surface area contributed by atoms with Gasteiger partial charge >= 0.3 is 5.97 Å². The van der Waals surface area contributed by atoms with Gasteiger partial charge in [-0.15, -0.1) is 5.10 Å². The lowest BCUT2D eigenvalue weighted by molar-refractivity contribution is 0.0690. The summed E-state index contributed by atoms with van der Waals surface area (Å²) in [5.74, 6) is -0.322. The molecule has 100 valence electrons. The fourth-order valence-electron chi connectivity index (χ4n) is 2.40. The molecule has 0 bridgehead atoms. The number of aromatic nitrogens is 3. The highest BCUT2D eigenvalue weighted by Crippen LogP contribution is 2.23. The largest absolute Gasteiger partial charge is 0.476 e. The zero-order valence-electron chi connectivity index (χ0n) is 10.1. The van der Waals surface area contributed by atoms with Gasteiger partial charge in [0.25, 0.3) is 0 Å². The Balaban J connectivity index is 1.95. The molecule has 1 aliphatic rings. The SMILES string of the molecule is O=C(O)c1nc2ccc(NC3CCCC3)nn2c1Br. The number of nitrogens with zero attached hydrogens (tertiary/aromatic N) is 3. The van der Waals surface area contributed by atoms with Crippen LogP contribution in [-0.4, -0.2) is 31.7 Å². The maximum absolute atomic E-state index is 11.0. The van der Waals surface area contributed by atoms with E-state index in [4.69, 9.17) is 5.11 Å². The van der Waals surface area contributed by atoms with Crippen LogP contribution in [0, 0.1) is 0 Å².